The van der Waals surface area contributed by atoms with Gasteiger partial charge in [0.2, 0.25) is 0 Å². The molecule has 0 spiro atoms. The van der Waals surface area contributed by atoms with E-state index >= 15 is 0 Å². The van der Waals surface area contributed by atoms with Gasteiger partial charge in [0.25, 0.3) is 0 Å². The fourth-order valence-electron chi connectivity index (χ4n) is 3.98. The number of rotatable bonds is 5. The van der Waals surface area contributed by atoms with Gasteiger partial charge in [0, 0.05) is 10.9 Å². The molecule has 2 aromatic carbocycles. The van der Waals surface area contributed by atoms with Crippen LogP contribution in [0, 0.1) is 17.2 Å². The Kier molecular flexibility index (Phi) is 5.19. The molecule has 0 unspecified atom stereocenters. The van der Waals surface area contributed by atoms with E-state index in [2.05, 4.69) is 16.5 Å². The van der Waals surface area contributed by atoms with E-state index < -0.39 is 0 Å². The molecule has 2 N–H and O–H groups in total. The van der Waals surface area contributed by atoms with Crippen LogP contribution in [0.15, 0.2) is 40.9 Å². The molecule has 4 rings (SSSR count). The summed E-state index contributed by atoms with van der Waals surface area (Å²) >= 11 is 0. The van der Waals surface area contributed by atoms with Crippen molar-refractivity contribution in [1.82, 2.24) is 10.5 Å². The van der Waals surface area contributed by atoms with Gasteiger partial charge in [-0.2, -0.15) is 5.26 Å². The summed E-state index contributed by atoms with van der Waals surface area (Å²) < 4.78 is 5.64. The molecular formula is C22H23N3O2. The minimum absolute atomic E-state index is 0.133. The molecule has 0 atom stereocenters. The van der Waals surface area contributed by atoms with Crippen molar-refractivity contribution >= 4 is 11.0 Å². The number of nitrogens with one attached hydrogen (secondary N) is 1. The first-order valence-electron chi connectivity index (χ1n) is 9.52. The van der Waals surface area contributed by atoms with Gasteiger partial charge in [-0.3, -0.25) is 0 Å². The Morgan fingerprint density at radius 2 is 2.07 bits per heavy atom. The minimum atomic E-state index is -0.133. The van der Waals surface area contributed by atoms with E-state index in [1.807, 2.05) is 30.3 Å². The second-order valence-corrected chi connectivity index (χ2v) is 7.18. The maximum Gasteiger partial charge on any atom is 0.173 e. The number of nitriles is 1. The number of piperidine rings is 1. The predicted molar refractivity (Wildman–Crippen MR) is 104 cm³/mol. The third-order valence-electron chi connectivity index (χ3n) is 5.53. The number of aliphatic hydroxyl groups is 1. The average Bonchev–Trinajstić information content (AvgIpc) is 3.15. The van der Waals surface area contributed by atoms with E-state index in [-0.39, 0.29) is 6.61 Å². The van der Waals surface area contributed by atoms with Gasteiger partial charge in [0.05, 0.1) is 23.9 Å². The van der Waals surface area contributed by atoms with Crippen LogP contribution < -0.4 is 5.32 Å². The van der Waals surface area contributed by atoms with Crippen molar-refractivity contribution in [3.05, 3.63) is 53.2 Å². The highest BCUT2D eigenvalue weighted by atomic mass is 16.5. The van der Waals surface area contributed by atoms with Crippen molar-refractivity contribution in [3.63, 3.8) is 0 Å². The van der Waals surface area contributed by atoms with Gasteiger partial charge >= 0.3 is 0 Å². The van der Waals surface area contributed by atoms with Crippen molar-refractivity contribution in [3.8, 4) is 17.2 Å². The monoisotopic (exact) mass is 361 g/mol. The van der Waals surface area contributed by atoms with Crippen LogP contribution in [-0.2, 0) is 13.0 Å². The third-order valence-corrected chi connectivity index (χ3v) is 5.53. The van der Waals surface area contributed by atoms with E-state index in [1.54, 1.807) is 6.07 Å². The SMILES string of the molecule is N#Cc1cccc(-c2ccc3c(CCC4CCNCC4)noc3c2CO)c1. The van der Waals surface area contributed by atoms with Gasteiger partial charge in [0.1, 0.15) is 0 Å². The summed E-state index contributed by atoms with van der Waals surface area (Å²) in [5, 5.41) is 27.8. The topological polar surface area (TPSA) is 82.1 Å². The van der Waals surface area contributed by atoms with E-state index in [9.17, 15) is 5.11 Å². The van der Waals surface area contributed by atoms with Gasteiger partial charge in [0.15, 0.2) is 5.58 Å². The number of aliphatic hydroxyl groups excluding tert-OH is 1. The standard InChI is InChI=1S/C22H23N3O2/c23-13-16-2-1-3-17(12-16)18-5-6-19-21(25-27-22(19)20(18)14-26)7-4-15-8-10-24-11-9-15/h1-3,5-6,12,15,24,26H,4,7-11,14H2. The zero-order valence-electron chi connectivity index (χ0n) is 15.2. The van der Waals surface area contributed by atoms with Crippen molar-refractivity contribution in [2.24, 2.45) is 5.92 Å². The number of aryl methyl sites for hydroxylation is 1. The van der Waals surface area contributed by atoms with Crippen molar-refractivity contribution in [2.75, 3.05) is 13.1 Å². The molecule has 5 nitrogen and oxygen atoms in total. The fraction of sp³-hybridized carbons (Fsp3) is 0.364. The van der Waals surface area contributed by atoms with Crippen LogP contribution in [0.25, 0.3) is 22.1 Å². The fourth-order valence-corrected chi connectivity index (χ4v) is 3.98. The number of fused-ring (bicyclic) bond motifs is 1. The lowest BCUT2D eigenvalue weighted by Gasteiger charge is -2.21. The second kappa shape index (κ2) is 7.91. The lowest BCUT2D eigenvalue weighted by molar-refractivity contribution is 0.281. The van der Waals surface area contributed by atoms with Crippen LogP contribution >= 0.6 is 0 Å². The molecule has 0 bridgehead atoms. The summed E-state index contributed by atoms with van der Waals surface area (Å²) in [6, 6.07) is 13.6. The Morgan fingerprint density at radius 3 is 2.85 bits per heavy atom. The van der Waals surface area contributed by atoms with Crippen LogP contribution in [0.3, 0.4) is 0 Å². The van der Waals surface area contributed by atoms with E-state index in [4.69, 9.17) is 9.78 Å². The lowest BCUT2D eigenvalue weighted by Crippen LogP contribution is -2.27. The highest BCUT2D eigenvalue weighted by Crippen LogP contribution is 2.33. The summed E-state index contributed by atoms with van der Waals surface area (Å²) in [6.07, 6.45) is 4.45. The van der Waals surface area contributed by atoms with Crippen molar-refractivity contribution in [2.45, 2.75) is 32.3 Å². The van der Waals surface area contributed by atoms with Crippen LogP contribution in [-0.4, -0.2) is 23.4 Å². The molecule has 1 aromatic heterocycles. The molecule has 1 saturated heterocycles. The number of nitrogens with zero attached hydrogens (tertiary/aromatic N) is 2. The zero-order valence-corrected chi connectivity index (χ0v) is 15.2. The second-order valence-electron chi connectivity index (χ2n) is 7.18. The first kappa shape index (κ1) is 17.7. The van der Waals surface area contributed by atoms with Gasteiger partial charge < -0.3 is 14.9 Å². The molecule has 0 radical (unpaired) electrons. The molecule has 27 heavy (non-hydrogen) atoms. The van der Waals surface area contributed by atoms with Gasteiger partial charge in [-0.05, 0) is 74.0 Å². The lowest BCUT2D eigenvalue weighted by atomic mass is 9.91. The molecular weight excluding hydrogens is 338 g/mol. The van der Waals surface area contributed by atoms with Gasteiger partial charge in [-0.1, -0.05) is 23.4 Å². The Balaban J connectivity index is 1.65. The average molecular weight is 361 g/mol. The maximum atomic E-state index is 9.99. The first-order chi connectivity index (χ1) is 13.3. The molecule has 1 aliphatic heterocycles. The Morgan fingerprint density at radius 1 is 1.22 bits per heavy atom. The molecule has 1 aliphatic rings. The summed E-state index contributed by atoms with van der Waals surface area (Å²) in [4.78, 5) is 0. The summed E-state index contributed by atoms with van der Waals surface area (Å²) in [6.45, 7) is 2.07. The molecule has 0 amide bonds. The largest absolute Gasteiger partial charge is 0.392 e. The first-order valence-corrected chi connectivity index (χ1v) is 9.52. The highest BCUT2D eigenvalue weighted by Gasteiger charge is 2.18. The van der Waals surface area contributed by atoms with Crippen LogP contribution in [0.1, 0.15) is 36.1 Å². The van der Waals surface area contributed by atoms with Crippen molar-refractivity contribution < 1.29 is 9.63 Å². The third kappa shape index (κ3) is 3.59. The van der Waals surface area contributed by atoms with Crippen LogP contribution in [0.2, 0.25) is 0 Å². The summed E-state index contributed by atoms with van der Waals surface area (Å²) in [7, 11) is 0. The Labute approximate surface area is 158 Å². The predicted octanol–water partition coefficient (Wildman–Crippen LogP) is 3.79. The number of benzene rings is 2. The normalized spacial score (nSPS) is 15.1. The zero-order chi connectivity index (χ0) is 18.6. The molecule has 2 heterocycles. The summed E-state index contributed by atoms with van der Waals surface area (Å²) in [5.74, 6) is 0.739. The number of hydrogen-bond donors (Lipinski definition) is 2. The minimum Gasteiger partial charge on any atom is -0.392 e. The van der Waals surface area contributed by atoms with E-state index in [1.165, 1.54) is 12.8 Å². The molecule has 0 aliphatic carbocycles. The highest BCUT2D eigenvalue weighted by molar-refractivity contribution is 5.89. The Hall–Kier alpha value is -2.68. The molecule has 5 heteroatoms. The van der Waals surface area contributed by atoms with Crippen molar-refractivity contribution in [1.29, 1.82) is 5.26 Å². The van der Waals surface area contributed by atoms with Crippen LogP contribution in [0.5, 0.6) is 0 Å². The maximum absolute atomic E-state index is 9.99. The molecule has 138 valence electrons. The number of aromatic nitrogens is 1. The van der Waals surface area contributed by atoms with Gasteiger partial charge in [-0.25, -0.2) is 0 Å². The van der Waals surface area contributed by atoms with Gasteiger partial charge in [-0.15, -0.1) is 0 Å². The quantitative estimate of drug-likeness (QED) is 0.722. The molecule has 0 saturated carbocycles. The molecule has 1 fully saturated rings. The molecule has 3 aromatic rings. The summed E-state index contributed by atoms with van der Waals surface area (Å²) in [5.41, 5.74) is 4.71. The number of hydrogen-bond acceptors (Lipinski definition) is 5. The van der Waals surface area contributed by atoms with E-state index in [0.29, 0.717) is 11.1 Å². The Bertz CT molecular complexity index is 981. The van der Waals surface area contributed by atoms with Crippen LogP contribution in [0.4, 0.5) is 0 Å². The smallest absolute Gasteiger partial charge is 0.173 e. The van der Waals surface area contributed by atoms with E-state index in [0.717, 1.165) is 59.6 Å².